The standard InChI is InChI=1S/C14H17F3N6O/c1-8-11(14(15,16)17)21-22(2)12(8)20-13(24)19-9-6-18-23(7-9)10-4-3-5-10/h6-7,10H,3-5H2,1-2H3,(H2,19,20,24). The van der Waals surface area contributed by atoms with Crippen LogP contribution in [0.4, 0.5) is 29.5 Å². The molecule has 24 heavy (non-hydrogen) atoms. The van der Waals surface area contributed by atoms with E-state index in [-0.39, 0.29) is 11.4 Å². The van der Waals surface area contributed by atoms with Crippen molar-refractivity contribution in [1.29, 1.82) is 0 Å². The summed E-state index contributed by atoms with van der Waals surface area (Å²) < 4.78 is 41.3. The highest BCUT2D eigenvalue weighted by Gasteiger charge is 2.37. The van der Waals surface area contributed by atoms with Gasteiger partial charge in [0, 0.05) is 18.8 Å². The van der Waals surface area contributed by atoms with E-state index in [2.05, 4.69) is 20.8 Å². The molecule has 3 rings (SSSR count). The lowest BCUT2D eigenvalue weighted by Gasteiger charge is -2.25. The summed E-state index contributed by atoms with van der Waals surface area (Å²) in [7, 11) is 1.34. The fourth-order valence-electron chi connectivity index (χ4n) is 2.60. The molecule has 0 unspecified atom stereocenters. The molecule has 0 atom stereocenters. The van der Waals surface area contributed by atoms with Crippen LogP contribution in [0.5, 0.6) is 0 Å². The van der Waals surface area contributed by atoms with Gasteiger partial charge in [0.2, 0.25) is 0 Å². The molecule has 1 fully saturated rings. The van der Waals surface area contributed by atoms with Crippen LogP contribution < -0.4 is 10.6 Å². The molecular weight excluding hydrogens is 325 g/mol. The smallest absolute Gasteiger partial charge is 0.305 e. The van der Waals surface area contributed by atoms with Crippen LogP contribution in [0.3, 0.4) is 0 Å². The Morgan fingerprint density at radius 3 is 2.58 bits per heavy atom. The third kappa shape index (κ3) is 3.08. The number of aromatic nitrogens is 4. The molecule has 0 spiro atoms. The van der Waals surface area contributed by atoms with Crippen molar-refractivity contribution < 1.29 is 18.0 Å². The highest BCUT2D eigenvalue weighted by molar-refractivity contribution is 5.99. The molecule has 2 aromatic heterocycles. The van der Waals surface area contributed by atoms with Gasteiger partial charge in [-0.2, -0.15) is 23.4 Å². The maximum Gasteiger partial charge on any atom is 0.435 e. The van der Waals surface area contributed by atoms with E-state index in [1.165, 1.54) is 20.2 Å². The van der Waals surface area contributed by atoms with E-state index in [9.17, 15) is 18.0 Å². The van der Waals surface area contributed by atoms with Crippen LogP contribution in [0.25, 0.3) is 0 Å². The molecule has 1 aliphatic rings. The quantitative estimate of drug-likeness (QED) is 0.898. The van der Waals surface area contributed by atoms with Gasteiger partial charge in [-0.25, -0.2) is 4.79 Å². The van der Waals surface area contributed by atoms with Gasteiger partial charge in [-0.15, -0.1) is 0 Å². The zero-order valence-electron chi connectivity index (χ0n) is 13.2. The molecular formula is C14H17F3N6O. The average Bonchev–Trinajstić information content (AvgIpc) is 2.96. The van der Waals surface area contributed by atoms with E-state index in [0.717, 1.165) is 23.9 Å². The Kier molecular flexibility index (Phi) is 3.98. The van der Waals surface area contributed by atoms with Crippen molar-refractivity contribution in [3.63, 3.8) is 0 Å². The molecule has 7 nitrogen and oxygen atoms in total. The van der Waals surface area contributed by atoms with Crippen molar-refractivity contribution in [1.82, 2.24) is 19.6 Å². The molecule has 0 radical (unpaired) electrons. The fourth-order valence-corrected chi connectivity index (χ4v) is 2.60. The van der Waals surface area contributed by atoms with E-state index >= 15 is 0 Å². The number of amides is 2. The summed E-state index contributed by atoms with van der Waals surface area (Å²) >= 11 is 0. The monoisotopic (exact) mass is 342 g/mol. The van der Waals surface area contributed by atoms with Gasteiger partial charge >= 0.3 is 12.2 Å². The maximum atomic E-state index is 12.8. The van der Waals surface area contributed by atoms with E-state index < -0.39 is 17.9 Å². The molecule has 0 aromatic carbocycles. The topological polar surface area (TPSA) is 76.8 Å². The lowest BCUT2D eigenvalue weighted by atomic mass is 9.93. The molecule has 130 valence electrons. The highest BCUT2D eigenvalue weighted by atomic mass is 19.4. The fraction of sp³-hybridized carbons (Fsp3) is 0.500. The summed E-state index contributed by atoms with van der Waals surface area (Å²) in [5.74, 6) is -0.00814. The molecule has 2 amide bonds. The Bertz CT molecular complexity index is 759. The number of nitrogens with one attached hydrogen (secondary N) is 2. The number of nitrogens with zero attached hydrogens (tertiary/aromatic N) is 4. The molecule has 10 heteroatoms. The van der Waals surface area contributed by atoms with Gasteiger partial charge in [-0.05, 0) is 26.2 Å². The summed E-state index contributed by atoms with van der Waals surface area (Å²) in [4.78, 5) is 12.0. The van der Waals surface area contributed by atoms with E-state index in [4.69, 9.17) is 0 Å². The summed E-state index contributed by atoms with van der Waals surface area (Å²) in [6, 6.07) is -0.291. The Labute approximate surface area is 135 Å². The number of hydrogen-bond acceptors (Lipinski definition) is 3. The van der Waals surface area contributed by atoms with Crippen LogP contribution in [0.15, 0.2) is 12.4 Å². The van der Waals surface area contributed by atoms with Gasteiger partial charge in [-0.3, -0.25) is 14.7 Å². The van der Waals surface area contributed by atoms with Crippen LogP contribution in [0.2, 0.25) is 0 Å². The maximum absolute atomic E-state index is 12.8. The molecule has 0 saturated heterocycles. The molecule has 2 heterocycles. The summed E-state index contributed by atoms with van der Waals surface area (Å²) in [6.07, 6.45) is 1.93. The minimum absolute atomic E-state index is 0.00814. The summed E-state index contributed by atoms with van der Waals surface area (Å²) in [5, 5.41) is 12.6. The Hall–Kier alpha value is -2.52. The van der Waals surface area contributed by atoms with Crippen LogP contribution in [-0.4, -0.2) is 25.6 Å². The number of aryl methyl sites for hydroxylation is 1. The second kappa shape index (κ2) is 5.84. The molecule has 2 aromatic rings. The van der Waals surface area contributed by atoms with Crippen molar-refractivity contribution in [2.24, 2.45) is 7.05 Å². The minimum atomic E-state index is -4.57. The van der Waals surface area contributed by atoms with Gasteiger partial charge in [0.15, 0.2) is 5.69 Å². The third-order valence-corrected chi connectivity index (χ3v) is 4.09. The van der Waals surface area contributed by atoms with Gasteiger partial charge < -0.3 is 5.32 Å². The summed E-state index contributed by atoms with van der Waals surface area (Å²) in [6.45, 7) is 1.26. The zero-order valence-corrected chi connectivity index (χ0v) is 13.2. The molecule has 1 aliphatic carbocycles. The Morgan fingerprint density at radius 2 is 2.04 bits per heavy atom. The van der Waals surface area contributed by atoms with E-state index in [1.807, 2.05) is 0 Å². The van der Waals surface area contributed by atoms with Crippen LogP contribution in [0.1, 0.15) is 36.6 Å². The van der Waals surface area contributed by atoms with Crippen LogP contribution in [0, 0.1) is 6.92 Å². The van der Waals surface area contributed by atoms with Crippen molar-refractivity contribution >= 4 is 17.5 Å². The number of alkyl halides is 3. The summed E-state index contributed by atoms with van der Waals surface area (Å²) in [5.41, 5.74) is -0.668. The van der Waals surface area contributed by atoms with Crippen LogP contribution >= 0.6 is 0 Å². The average molecular weight is 342 g/mol. The Balaban J connectivity index is 1.69. The molecule has 2 N–H and O–H groups in total. The van der Waals surface area contributed by atoms with Gasteiger partial charge in [0.25, 0.3) is 0 Å². The van der Waals surface area contributed by atoms with Crippen molar-refractivity contribution in [2.75, 3.05) is 10.6 Å². The van der Waals surface area contributed by atoms with Crippen molar-refractivity contribution in [2.45, 2.75) is 38.4 Å². The number of hydrogen-bond donors (Lipinski definition) is 2. The number of urea groups is 1. The number of carbonyl (C=O) groups excluding carboxylic acids is 1. The first kappa shape index (κ1) is 16.3. The lowest BCUT2D eigenvalue weighted by molar-refractivity contribution is -0.141. The van der Waals surface area contributed by atoms with Crippen molar-refractivity contribution in [3.05, 3.63) is 23.7 Å². The molecule has 0 bridgehead atoms. The second-order valence-corrected chi connectivity index (χ2v) is 5.82. The first-order valence-corrected chi connectivity index (χ1v) is 7.48. The normalized spacial score (nSPS) is 15.2. The number of carbonyl (C=O) groups is 1. The predicted molar refractivity (Wildman–Crippen MR) is 80.7 cm³/mol. The zero-order chi connectivity index (χ0) is 17.5. The Morgan fingerprint density at radius 1 is 1.33 bits per heavy atom. The number of anilines is 2. The van der Waals surface area contributed by atoms with Crippen LogP contribution in [-0.2, 0) is 13.2 Å². The minimum Gasteiger partial charge on any atom is -0.305 e. The predicted octanol–water partition coefficient (Wildman–Crippen LogP) is 3.31. The molecule has 1 saturated carbocycles. The molecule has 0 aliphatic heterocycles. The van der Waals surface area contributed by atoms with Gasteiger partial charge in [0.1, 0.15) is 5.82 Å². The second-order valence-electron chi connectivity index (χ2n) is 5.82. The number of halogens is 3. The number of rotatable bonds is 3. The van der Waals surface area contributed by atoms with Gasteiger partial charge in [-0.1, -0.05) is 0 Å². The largest absolute Gasteiger partial charge is 0.435 e. The third-order valence-electron chi connectivity index (χ3n) is 4.09. The van der Waals surface area contributed by atoms with Crippen molar-refractivity contribution in [3.8, 4) is 0 Å². The van der Waals surface area contributed by atoms with E-state index in [0.29, 0.717) is 11.7 Å². The van der Waals surface area contributed by atoms with E-state index in [1.54, 1.807) is 10.9 Å². The first-order chi connectivity index (χ1) is 11.3. The highest BCUT2D eigenvalue weighted by Crippen LogP contribution is 2.34. The lowest BCUT2D eigenvalue weighted by Crippen LogP contribution is -2.21. The first-order valence-electron chi connectivity index (χ1n) is 7.48. The SMILES string of the molecule is Cc1c(C(F)(F)F)nn(C)c1NC(=O)Nc1cnn(C2CCC2)c1. The van der Waals surface area contributed by atoms with Gasteiger partial charge in [0.05, 0.1) is 17.9 Å².